The van der Waals surface area contributed by atoms with E-state index in [1.165, 1.54) is 26.4 Å². The SMILES string of the molecule is COc1cc(O)c2c(c1O)C1C=CC2CC1.COc1cc(O)c2c(c1O)C1CCC2CC1. The first-order valence-corrected chi connectivity index (χ1v) is 11.4. The number of hydrogen-bond donors (Lipinski definition) is 4. The number of phenols is 4. The summed E-state index contributed by atoms with van der Waals surface area (Å²) in [7, 11) is 3.01. The number of rotatable bonds is 2. The van der Waals surface area contributed by atoms with Crippen molar-refractivity contribution < 1.29 is 29.9 Å². The highest BCUT2D eigenvalue weighted by atomic mass is 16.5. The summed E-state index contributed by atoms with van der Waals surface area (Å²) in [6.07, 6.45) is 10.8. The highest BCUT2D eigenvalue weighted by molar-refractivity contribution is 5.63. The van der Waals surface area contributed by atoms with Gasteiger partial charge in [-0.3, -0.25) is 0 Å². The first-order valence-electron chi connectivity index (χ1n) is 11.4. The largest absolute Gasteiger partial charge is 0.508 e. The molecule has 0 aliphatic heterocycles. The molecule has 0 saturated heterocycles. The van der Waals surface area contributed by atoms with Crippen LogP contribution in [0.25, 0.3) is 0 Å². The Balaban J connectivity index is 0.000000135. The van der Waals surface area contributed by atoms with Gasteiger partial charge in [-0.1, -0.05) is 12.2 Å². The molecule has 32 heavy (non-hydrogen) atoms. The van der Waals surface area contributed by atoms with Crippen molar-refractivity contribution in [3.63, 3.8) is 0 Å². The zero-order valence-corrected chi connectivity index (χ0v) is 18.5. The van der Waals surface area contributed by atoms with E-state index < -0.39 is 0 Å². The number of hydrogen-bond acceptors (Lipinski definition) is 6. The average molecular weight is 439 g/mol. The summed E-state index contributed by atoms with van der Waals surface area (Å²) in [5, 5.41) is 40.3. The van der Waals surface area contributed by atoms with Crippen LogP contribution in [0, 0.1) is 0 Å². The number of ether oxygens (including phenoxy) is 2. The van der Waals surface area contributed by atoms with Crippen LogP contribution in [0.4, 0.5) is 0 Å². The fourth-order valence-corrected chi connectivity index (χ4v) is 6.23. The molecule has 0 aromatic heterocycles. The predicted octanol–water partition coefficient (Wildman–Crippen LogP) is 5.50. The van der Waals surface area contributed by atoms with Crippen molar-refractivity contribution in [1.82, 2.24) is 0 Å². The van der Waals surface area contributed by atoms with Gasteiger partial charge in [-0.15, -0.1) is 0 Å². The lowest BCUT2D eigenvalue weighted by atomic mass is 9.66. The maximum absolute atomic E-state index is 10.1. The Morgan fingerprint density at radius 3 is 1.53 bits per heavy atom. The van der Waals surface area contributed by atoms with Gasteiger partial charge in [0.05, 0.1) is 14.2 Å². The summed E-state index contributed by atoms with van der Waals surface area (Å²) in [4.78, 5) is 0. The van der Waals surface area contributed by atoms with Crippen molar-refractivity contribution in [1.29, 1.82) is 0 Å². The first kappa shape index (κ1) is 20.9. The van der Waals surface area contributed by atoms with E-state index in [-0.39, 0.29) is 29.1 Å². The second kappa shape index (κ2) is 7.84. The van der Waals surface area contributed by atoms with Crippen LogP contribution in [-0.4, -0.2) is 34.6 Å². The molecule has 0 amide bonds. The van der Waals surface area contributed by atoms with Gasteiger partial charge < -0.3 is 29.9 Å². The van der Waals surface area contributed by atoms with Gasteiger partial charge in [-0.05, 0) is 50.4 Å². The van der Waals surface area contributed by atoms with Gasteiger partial charge in [0.15, 0.2) is 23.0 Å². The molecule has 1 saturated carbocycles. The van der Waals surface area contributed by atoms with E-state index >= 15 is 0 Å². The summed E-state index contributed by atoms with van der Waals surface area (Å²) < 4.78 is 10.2. The highest BCUT2D eigenvalue weighted by Gasteiger charge is 2.38. The smallest absolute Gasteiger partial charge is 0.164 e. The van der Waals surface area contributed by atoms with E-state index in [0.29, 0.717) is 29.1 Å². The van der Waals surface area contributed by atoms with E-state index in [4.69, 9.17) is 9.47 Å². The van der Waals surface area contributed by atoms with Crippen LogP contribution in [0.15, 0.2) is 24.3 Å². The zero-order chi connectivity index (χ0) is 22.6. The summed E-state index contributed by atoms with van der Waals surface area (Å²) in [5.74, 6) is 3.01. The van der Waals surface area contributed by atoms with Crippen LogP contribution in [0.5, 0.6) is 34.5 Å². The third-order valence-electron chi connectivity index (χ3n) is 7.73. The molecule has 2 aromatic carbocycles. The maximum Gasteiger partial charge on any atom is 0.164 e. The fraction of sp³-hybridized carbons (Fsp3) is 0.462. The van der Waals surface area contributed by atoms with Gasteiger partial charge >= 0.3 is 0 Å². The predicted molar refractivity (Wildman–Crippen MR) is 120 cm³/mol. The Bertz CT molecular complexity index is 1080. The number of benzene rings is 2. The zero-order valence-electron chi connectivity index (χ0n) is 18.5. The van der Waals surface area contributed by atoms with Crippen molar-refractivity contribution in [2.45, 2.75) is 62.2 Å². The number of aromatic hydroxyl groups is 4. The fourth-order valence-electron chi connectivity index (χ4n) is 6.23. The van der Waals surface area contributed by atoms with Gasteiger partial charge in [-0.25, -0.2) is 0 Å². The van der Waals surface area contributed by atoms with E-state index in [2.05, 4.69) is 12.2 Å². The minimum absolute atomic E-state index is 0.189. The molecular formula is C26H30O6. The molecule has 1 fully saturated rings. The van der Waals surface area contributed by atoms with Crippen LogP contribution < -0.4 is 9.47 Å². The summed E-state index contributed by atoms with van der Waals surface area (Å²) in [6.45, 7) is 0. The van der Waals surface area contributed by atoms with Crippen LogP contribution in [-0.2, 0) is 0 Å². The number of allylic oxidation sites excluding steroid dienone is 2. The lowest BCUT2D eigenvalue weighted by molar-refractivity contribution is 0.314. The monoisotopic (exact) mass is 438 g/mol. The standard InChI is InChI=1S/C13H16O3.C13H14O3/c2*1-16-10-6-9(14)11-7-2-4-8(5-3-7)12(11)13(10)15/h6-8,14-15H,2-5H2,1H3;2,4,6-8,14-15H,3,5H2,1H3. The van der Waals surface area contributed by atoms with Gasteiger partial charge in [0, 0.05) is 46.2 Å². The average Bonchev–Trinajstić information content (AvgIpc) is 2.84. The van der Waals surface area contributed by atoms with Crippen molar-refractivity contribution >= 4 is 0 Å². The number of methoxy groups -OCH3 is 2. The Hall–Kier alpha value is -3.02. The van der Waals surface area contributed by atoms with Crippen molar-refractivity contribution in [2.75, 3.05) is 14.2 Å². The van der Waals surface area contributed by atoms with Crippen molar-refractivity contribution in [2.24, 2.45) is 0 Å². The second-order valence-corrected chi connectivity index (χ2v) is 9.27. The van der Waals surface area contributed by atoms with Crippen LogP contribution >= 0.6 is 0 Å². The normalized spacial score (nSPS) is 26.1. The van der Waals surface area contributed by atoms with E-state index in [9.17, 15) is 20.4 Å². The molecule has 6 aliphatic rings. The molecule has 0 spiro atoms. The minimum atomic E-state index is 0.189. The van der Waals surface area contributed by atoms with E-state index in [1.807, 2.05) is 0 Å². The summed E-state index contributed by atoms with van der Waals surface area (Å²) in [5.41, 5.74) is 3.66. The molecule has 8 rings (SSSR count). The Kier molecular flexibility index (Phi) is 5.11. The van der Waals surface area contributed by atoms with Gasteiger partial charge in [0.1, 0.15) is 11.5 Å². The molecule has 4 N–H and O–H groups in total. The van der Waals surface area contributed by atoms with Gasteiger partial charge in [0.25, 0.3) is 0 Å². The third kappa shape index (κ3) is 3.07. The molecule has 6 heteroatoms. The Morgan fingerprint density at radius 2 is 1.03 bits per heavy atom. The number of fused-ring (bicyclic) bond motifs is 3. The van der Waals surface area contributed by atoms with Crippen LogP contribution in [0.3, 0.4) is 0 Å². The molecular weight excluding hydrogens is 408 g/mol. The van der Waals surface area contributed by atoms with Gasteiger partial charge in [0.2, 0.25) is 0 Å². The molecule has 4 bridgehead atoms. The Labute approximate surface area is 187 Å². The molecule has 6 aliphatic carbocycles. The summed E-state index contributed by atoms with van der Waals surface area (Å²) >= 11 is 0. The Morgan fingerprint density at radius 1 is 0.594 bits per heavy atom. The number of phenolic OH excluding ortho intramolecular Hbond substituents is 4. The highest BCUT2D eigenvalue weighted by Crippen LogP contribution is 2.57. The topological polar surface area (TPSA) is 99.4 Å². The van der Waals surface area contributed by atoms with Gasteiger partial charge in [-0.2, -0.15) is 0 Å². The molecule has 2 unspecified atom stereocenters. The molecule has 2 aromatic rings. The van der Waals surface area contributed by atoms with Crippen LogP contribution in [0.2, 0.25) is 0 Å². The van der Waals surface area contributed by atoms with Crippen molar-refractivity contribution in [3.05, 3.63) is 46.5 Å². The van der Waals surface area contributed by atoms with Crippen LogP contribution in [0.1, 0.15) is 84.5 Å². The quantitative estimate of drug-likeness (QED) is 0.365. The molecule has 2 atom stereocenters. The van der Waals surface area contributed by atoms with Crippen molar-refractivity contribution in [3.8, 4) is 34.5 Å². The van der Waals surface area contributed by atoms with E-state index in [0.717, 1.165) is 60.8 Å². The second-order valence-electron chi connectivity index (χ2n) is 9.27. The maximum atomic E-state index is 10.1. The third-order valence-corrected chi connectivity index (χ3v) is 7.73. The summed E-state index contributed by atoms with van der Waals surface area (Å²) in [6, 6.07) is 3.04. The first-order chi connectivity index (χ1) is 15.4. The lowest BCUT2D eigenvalue weighted by Gasteiger charge is -2.39. The molecule has 0 radical (unpaired) electrons. The lowest BCUT2D eigenvalue weighted by Crippen LogP contribution is -2.22. The van der Waals surface area contributed by atoms with E-state index in [1.54, 1.807) is 0 Å². The molecule has 0 heterocycles. The molecule has 6 nitrogen and oxygen atoms in total. The molecule has 170 valence electrons. The minimum Gasteiger partial charge on any atom is -0.508 e.